The van der Waals surface area contributed by atoms with Crippen LogP contribution in [0, 0.1) is 6.92 Å². The Hall–Kier alpha value is -1.61. The minimum Gasteiger partial charge on any atom is -0.324 e. The predicted molar refractivity (Wildman–Crippen MR) is 65.5 cm³/mol. The molecule has 2 rings (SSSR count). The van der Waals surface area contributed by atoms with Gasteiger partial charge in [-0.1, -0.05) is 25.1 Å². The zero-order valence-electron chi connectivity index (χ0n) is 9.72. The van der Waals surface area contributed by atoms with Crippen LogP contribution in [0.25, 0.3) is 5.69 Å². The van der Waals surface area contributed by atoms with Crippen molar-refractivity contribution in [2.45, 2.75) is 26.3 Å². The van der Waals surface area contributed by atoms with Gasteiger partial charge in [-0.2, -0.15) is 0 Å². The maximum absolute atomic E-state index is 6.12. The summed E-state index contributed by atoms with van der Waals surface area (Å²) in [4.78, 5) is 4.24. The maximum Gasteiger partial charge on any atom is 0.110 e. The third-order valence-electron chi connectivity index (χ3n) is 2.86. The van der Waals surface area contributed by atoms with E-state index in [4.69, 9.17) is 5.73 Å². The second kappa shape index (κ2) is 4.49. The zero-order chi connectivity index (χ0) is 11.5. The molecule has 3 heteroatoms. The van der Waals surface area contributed by atoms with Gasteiger partial charge in [-0.3, -0.25) is 0 Å². The lowest BCUT2D eigenvalue weighted by Gasteiger charge is -2.16. The van der Waals surface area contributed by atoms with Crippen LogP contribution in [0.3, 0.4) is 0 Å². The lowest BCUT2D eigenvalue weighted by atomic mass is 10.0. The Morgan fingerprint density at radius 2 is 2.12 bits per heavy atom. The summed E-state index contributed by atoms with van der Waals surface area (Å²) in [7, 11) is 0. The molecule has 0 unspecified atom stereocenters. The van der Waals surface area contributed by atoms with E-state index in [1.165, 1.54) is 5.56 Å². The molecule has 1 aromatic carbocycles. The van der Waals surface area contributed by atoms with Gasteiger partial charge in [0.05, 0.1) is 5.69 Å². The second-order valence-corrected chi connectivity index (χ2v) is 3.92. The molecule has 0 aliphatic heterocycles. The average Bonchev–Trinajstić information content (AvgIpc) is 2.74. The highest BCUT2D eigenvalue weighted by atomic mass is 15.1. The van der Waals surface area contributed by atoms with Crippen molar-refractivity contribution in [1.29, 1.82) is 0 Å². The van der Waals surface area contributed by atoms with Crippen molar-refractivity contribution in [2.75, 3.05) is 0 Å². The van der Waals surface area contributed by atoms with Gasteiger partial charge in [-0.15, -0.1) is 0 Å². The SMILES string of the molecule is CC[C@@H](N)c1ccccc1-n1ccnc1C. The van der Waals surface area contributed by atoms with Crippen molar-refractivity contribution in [3.05, 3.63) is 48.0 Å². The fourth-order valence-corrected chi connectivity index (χ4v) is 1.87. The van der Waals surface area contributed by atoms with Crippen LogP contribution in [0.4, 0.5) is 0 Å². The molecule has 84 valence electrons. The van der Waals surface area contributed by atoms with E-state index in [0.29, 0.717) is 0 Å². The lowest BCUT2D eigenvalue weighted by Crippen LogP contribution is -2.12. The first kappa shape index (κ1) is 10.9. The molecule has 2 aromatic rings. The molecule has 16 heavy (non-hydrogen) atoms. The molecule has 1 atom stereocenters. The molecule has 0 spiro atoms. The van der Waals surface area contributed by atoms with Gasteiger partial charge < -0.3 is 10.3 Å². The summed E-state index contributed by atoms with van der Waals surface area (Å²) in [5.41, 5.74) is 8.42. The van der Waals surface area contributed by atoms with Crippen LogP contribution < -0.4 is 5.73 Å². The van der Waals surface area contributed by atoms with Crippen molar-refractivity contribution in [1.82, 2.24) is 9.55 Å². The van der Waals surface area contributed by atoms with Crippen LogP contribution in [-0.4, -0.2) is 9.55 Å². The Kier molecular flexibility index (Phi) is 3.06. The van der Waals surface area contributed by atoms with E-state index in [2.05, 4.69) is 28.6 Å². The average molecular weight is 215 g/mol. The number of rotatable bonds is 3. The molecule has 0 bridgehead atoms. The van der Waals surface area contributed by atoms with Gasteiger partial charge in [0.1, 0.15) is 5.82 Å². The van der Waals surface area contributed by atoms with Crippen LogP contribution in [0.1, 0.15) is 30.8 Å². The smallest absolute Gasteiger partial charge is 0.110 e. The normalized spacial score (nSPS) is 12.7. The largest absolute Gasteiger partial charge is 0.324 e. The highest BCUT2D eigenvalue weighted by molar-refractivity contribution is 5.43. The van der Waals surface area contributed by atoms with Crippen molar-refractivity contribution < 1.29 is 0 Å². The molecule has 2 N–H and O–H groups in total. The Bertz CT molecular complexity index is 474. The van der Waals surface area contributed by atoms with Gasteiger partial charge >= 0.3 is 0 Å². The minimum absolute atomic E-state index is 0.0815. The molecule has 0 saturated carbocycles. The molecule has 1 heterocycles. The lowest BCUT2D eigenvalue weighted by molar-refractivity contribution is 0.691. The number of aryl methyl sites for hydroxylation is 1. The topological polar surface area (TPSA) is 43.8 Å². The highest BCUT2D eigenvalue weighted by Crippen LogP contribution is 2.22. The van der Waals surface area contributed by atoms with E-state index in [0.717, 1.165) is 17.9 Å². The third-order valence-corrected chi connectivity index (χ3v) is 2.86. The quantitative estimate of drug-likeness (QED) is 0.855. The van der Waals surface area contributed by atoms with Crippen LogP contribution in [-0.2, 0) is 0 Å². The van der Waals surface area contributed by atoms with Gasteiger partial charge in [0.2, 0.25) is 0 Å². The number of hydrogen-bond donors (Lipinski definition) is 1. The summed E-state index contributed by atoms with van der Waals surface area (Å²) in [6.07, 6.45) is 4.71. The molecule has 0 saturated heterocycles. The van der Waals surface area contributed by atoms with Crippen molar-refractivity contribution >= 4 is 0 Å². The Morgan fingerprint density at radius 3 is 2.75 bits per heavy atom. The van der Waals surface area contributed by atoms with Gasteiger partial charge in [-0.25, -0.2) is 4.98 Å². The summed E-state index contributed by atoms with van der Waals surface area (Å²) in [5.74, 6) is 0.982. The third kappa shape index (κ3) is 1.86. The summed E-state index contributed by atoms with van der Waals surface area (Å²) < 4.78 is 2.07. The molecule has 1 aromatic heterocycles. The molecule has 0 fully saturated rings. The molecular formula is C13H17N3. The molecule has 0 radical (unpaired) electrons. The number of para-hydroxylation sites is 1. The van der Waals surface area contributed by atoms with E-state index in [-0.39, 0.29) is 6.04 Å². The van der Waals surface area contributed by atoms with Gasteiger partial charge in [0, 0.05) is 18.4 Å². The summed E-state index contributed by atoms with van der Waals surface area (Å²) in [5, 5.41) is 0. The molecule has 0 amide bonds. The van der Waals surface area contributed by atoms with Crippen LogP contribution in [0.15, 0.2) is 36.7 Å². The van der Waals surface area contributed by atoms with E-state index < -0.39 is 0 Å². The van der Waals surface area contributed by atoms with E-state index >= 15 is 0 Å². The number of nitrogens with two attached hydrogens (primary N) is 1. The predicted octanol–water partition coefficient (Wildman–Crippen LogP) is 2.59. The monoisotopic (exact) mass is 215 g/mol. The standard InChI is InChI=1S/C13H17N3/c1-3-12(14)11-6-4-5-7-13(11)16-9-8-15-10(16)2/h4-9,12H,3,14H2,1-2H3/t12-/m1/s1. The van der Waals surface area contributed by atoms with E-state index in [9.17, 15) is 0 Å². The van der Waals surface area contributed by atoms with Crippen molar-refractivity contribution in [3.63, 3.8) is 0 Å². The number of imidazole rings is 1. The van der Waals surface area contributed by atoms with Gasteiger partial charge in [-0.05, 0) is 25.0 Å². The first-order valence-corrected chi connectivity index (χ1v) is 5.59. The summed E-state index contributed by atoms with van der Waals surface area (Å²) >= 11 is 0. The Labute approximate surface area is 95.9 Å². The first-order valence-electron chi connectivity index (χ1n) is 5.59. The number of benzene rings is 1. The molecule has 0 aliphatic carbocycles. The van der Waals surface area contributed by atoms with Crippen LogP contribution in [0.2, 0.25) is 0 Å². The fraction of sp³-hybridized carbons (Fsp3) is 0.308. The van der Waals surface area contributed by atoms with Gasteiger partial charge in [0.15, 0.2) is 0 Å². The number of aromatic nitrogens is 2. The highest BCUT2D eigenvalue weighted by Gasteiger charge is 2.10. The molecular weight excluding hydrogens is 198 g/mol. The Morgan fingerprint density at radius 1 is 1.38 bits per heavy atom. The summed E-state index contributed by atoms with van der Waals surface area (Å²) in [6, 6.07) is 8.31. The molecule has 3 nitrogen and oxygen atoms in total. The first-order chi connectivity index (χ1) is 7.74. The number of hydrogen-bond acceptors (Lipinski definition) is 2. The van der Waals surface area contributed by atoms with Crippen molar-refractivity contribution in [3.8, 4) is 5.69 Å². The minimum atomic E-state index is 0.0815. The fourth-order valence-electron chi connectivity index (χ4n) is 1.87. The van der Waals surface area contributed by atoms with E-state index in [1.807, 2.05) is 31.5 Å². The van der Waals surface area contributed by atoms with Crippen LogP contribution in [0.5, 0.6) is 0 Å². The number of nitrogens with zero attached hydrogens (tertiary/aromatic N) is 2. The maximum atomic E-state index is 6.12. The Balaban J connectivity index is 2.53. The molecule has 0 aliphatic rings. The zero-order valence-corrected chi connectivity index (χ0v) is 9.72. The summed E-state index contributed by atoms with van der Waals surface area (Å²) in [6.45, 7) is 4.09. The van der Waals surface area contributed by atoms with Gasteiger partial charge in [0.25, 0.3) is 0 Å². The van der Waals surface area contributed by atoms with E-state index in [1.54, 1.807) is 0 Å². The van der Waals surface area contributed by atoms with Crippen molar-refractivity contribution in [2.24, 2.45) is 5.73 Å². The van der Waals surface area contributed by atoms with Crippen LogP contribution >= 0.6 is 0 Å². The second-order valence-electron chi connectivity index (χ2n) is 3.92.